The van der Waals surface area contributed by atoms with Crippen LogP contribution in [0.1, 0.15) is 29.8 Å². The second kappa shape index (κ2) is 8.92. The van der Waals surface area contributed by atoms with Crippen molar-refractivity contribution in [2.45, 2.75) is 13.8 Å². The van der Waals surface area contributed by atoms with Crippen LogP contribution in [0, 0.1) is 5.92 Å². The second-order valence-corrected chi connectivity index (χ2v) is 6.04. The van der Waals surface area contributed by atoms with E-state index in [1.54, 1.807) is 31.4 Å². The molecule has 132 valence electrons. The molecule has 0 saturated heterocycles. The summed E-state index contributed by atoms with van der Waals surface area (Å²) in [7, 11) is 3.10. The van der Waals surface area contributed by atoms with Crippen LogP contribution in [0.15, 0.2) is 48.5 Å². The molecular formula is C21H24O4. The van der Waals surface area contributed by atoms with Crippen LogP contribution in [0.4, 0.5) is 0 Å². The van der Waals surface area contributed by atoms with Gasteiger partial charge in [-0.25, -0.2) is 0 Å². The summed E-state index contributed by atoms with van der Waals surface area (Å²) in [5.74, 6) is 2.24. The topological polar surface area (TPSA) is 44.8 Å². The standard InChI is InChI=1S/C21H24O4/c1-15(2)14-25-18-7-5-6-16(12-18)8-10-20(22)19-13-17(23-3)9-11-21(19)24-4/h5-13,15H,14H2,1-4H3/b10-8+. The number of benzene rings is 2. The van der Waals surface area contributed by atoms with Gasteiger partial charge in [-0.15, -0.1) is 0 Å². The number of rotatable bonds is 8. The monoisotopic (exact) mass is 340 g/mol. The van der Waals surface area contributed by atoms with Crippen molar-refractivity contribution < 1.29 is 19.0 Å². The van der Waals surface area contributed by atoms with Crippen molar-refractivity contribution in [3.63, 3.8) is 0 Å². The molecular weight excluding hydrogens is 316 g/mol. The lowest BCUT2D eigenvalue weighted by atomic mass is 10.1. The highest BCUT2D eigenvalue weighted by Crippen LogP contribution is 2.25. The zero-order valence-electron chi connectivity index (χ0n) is 15.1. The van der Waals surface area contributed by atoms with E-state index in [0.29, 0.717) is 29.6 Å². The maximum absolute atomic E-state index is 12.5. The summed E-state index contributed by atoms with van der Waals surface area (Å²) in [4.78, 5) is 12.5. The van der Waals surface area contributed by atoms with E-state index in [9.17, 15) is 4.79 Å². The molecule has 0 radical (unpaired) electrons. The van der Waals surface area contributed by atoms with E-state index < -0.39 is 0 Å². The number of carbonyl (C=O) groups is 1. The van der Waals surface area contributed by atoms with E-state index in [2.05, 4.69) is 13.8 Å². The van der Waals surface area contributed by atoms with Crippen LogP contribution in [0.2, 0.25) is 0 Å². The summed E-state index contributed by atoms with van der Waals surface area (Å²) in [6.45, 7) is 4.86. The van der Waals surface area contributed by atoms with Gasteiger partial charge in [0.25, 0.3) is 0 Å². The van der Waals surface area contributed by atoms with Crippen LogP contribution < -0.4 is 14.2 Å². The molecule has 0 unspecified atom stereocenters. The van der Waals surface area contributed by atoms with Crippen molar-refractivity contribution in [3.05, 3.63) is 59.7 Å². The molecule has 0 heterocycles. The number of methoxy groups -OCH3 is 2. The van der Waals surface area contributed by atoms with Crippen molar-refractivity contribution in [1.29, 1.82) is 0 Å². The molecule has 0 aliphatic rings. The van der Waals surface area contributed by atoms with Crippen LogP contribution in [0.3, 0.4) is 0 Å². The lowest BCUT2D eigenvalue weighted by molar-refractivity contribution is 0.104. The quantitative estimate of drug-likeness (QED) is 0.519. The number of hydrogen-bond donors (Lipinski definition) is 0. The van der Waals surface area contributed by atoms with Gasteiger partial charge in [0.15, 0.2) is 5.78 Å². The Morgan fingerprint density at radius 3 is 2.52 bits per heavy atom. The molecule has 4 heteroatoms. The Hall–Kier alpha value is -2.75. The van der Waals surface area contributed by atoms with Crippen LogP contribution in [-0.4, -0.2) is 26.6 Å². The smallest absolute Gasteiger partial charge is 0.189 e. The summed E-state index contributed by atoms with van der Waals surface area (Å²) in [6, 6.07) is 12.8. The molecule has 0 spiro atoms. The fraction of sp³-hybridized carbons (Fsp3) is 0.286. The second-order valence-electron chi connectivity index (χ2n) is 6.04. The van der Waals surface area contributed by atoms with E-state index in [1.807, 2.05) is 24.3 Å². The molecule has 0 bridgehead atoms. The minimum Gasteiger partial charge on any atom is -0.497 e. The first-order chi connectivity index (χ1) is 12.0. The maximum atomic E-state index is 12.5. The third kappa shape index (κ3) is 5.38. The zero-order valence-corrected chi connectivity index (χ0v) is 15.1. The van der Waals surface area contributed by atoms with Crippen LogP contribution in [0.25, 0.3) is 6.08 Å². The molecule has 0 aromatic heterocycles. The lowest BCUT2D eigenvalue weighted by Gasteiger charge is -2.09. The molecule has 0 amide bonds. The summed E-state index contributed by atoms with van der Waals surface area (Å²) < 4.78 is 16.2. The molecule has 25 heavy (non-hydrogen) atoms. The van der Waals surface area contributed by atoms with Gasteiger partial charge >= 0.3 is 0 Å². The Morgan fingerprint density at radius 1 is 1.04 bits per heavy atom. The fourth-order valence-electron chi connectivity index (χ4n) is 2.24. The van der Waals surface area contributed by atoms with Gasteiger partial charge in [0.1, 0.15) is 17.2 Å². The summed E-state index contributed by atoms with van der Waals surface area (Å²) in [5.41, 5.74) is 1.36. The molecule has 0 atom stereocenters. The highest BCUT2D eigenvalue weighted by molar-refractivity contribution is 6.08. The Kier molecular flexibility index (Phi) is 6.63. The van der Waals surface area contributed by atoms with E-state index in [4.69, 9.17) is 14.2 Å². The first kappa shape index (κ1) is 18.6. The lowest BCUT2D eigenvalue weighted by Crippen LogP contribution is -2.04. The molecule has 0 fully saturated rings. The predicted octanol–water partition coefficient (Wildman–Crippen LogP) is 4.63. The van der Waals surface area contributed by atoms with E-state index in [1.165, 1.54) is 13.2 Å². The van der Waals surface area contributed by atoms with Gasteiger partial charge < -0.3 is 14.2 Å². The number of carbonyl (C=O) groups excluding carboxylic acids is 1. The summed E-state index contributed by atoms with van der Waals surface area (Å²) >= 11 is 0. The van der Waals surface area contributed by atoms with Crippen LogP contribution in [-0.2, 0) is 0 Å². The van der Waals surface area contributed by atoms with Crippen molar-refractivity contribution in [2.24, 2.45) is 5.92 Å². The number of ether oxygens (including phenoxy) is 3. The first-order valence-corrected chi connectivity index (χ1v) is 8.20. The van der Waals surface area contributed by atoms with E-state index in [-0.39, 0.29) is 5.78 Å². The van der Waals surface area contributed by atoms with Gasteiger partial charge in [0.2, 0.25) is 0 Å². The molecule has 0 N–H and O–H groups in total. The zero-order chi connectivity index (χ0) is 18.2. The first-order valence-electron chi connectivity index (χ1n) is 8.20. The molecule has 2 rings (SSSR count). The van der Waals surface area contributed by atoms with Gasteiger partial charge in [-0.05, 0) is 47.9 Å². The van der Waals surface area contributed by atoms with Crippen molar-refractivity contribution in [2.75, 3.05) is 20.8 Å². The molecule has 0 aliphatic carbocycles. The minimum absolute atomic E-state index is 0.149. The largest absolute Gasteiger partial charge is 0.497 e. The average Bonchev–Trinajstić information content (AvgIpc) is 2.64. The van der Waals surface area contributed by atoms with Crippen molar-refractivity contribution in [1.82, 2.24) is 0 Å². The molecule has 2 aromatic carbocycles. The summed E-state index contributed by atoms with van der Waals surface area (Å²) in [5, 5.41) is 0. The number of ketones is 1. The van der Waals surface area contributed by atoms with Crippen molar-refractivity contribution >= 4 is 11.9 Å². The molecule has 2 aromatic rings. The number of hydrogen-bond acceptors (Lipinski definition) is 4. The normalized spacial score (nSPS) is 10.9. The highest BCUT2D eigenvalue weighted by atomic mass is 16.5. The third-order valence-corrected chi connectivity index (χ3v) is 3.54. The molecule has 4 nitrogen and oxygen atoms in total. The van der Waals surface area contributed by atoms with Gasteiger partial charge in [-0.3, -0.25) is 4.79 Å². The number of allylic oxidation sites excluding steroid dienone is 1. The maximum Gasteiger partial charge on any atom is 0.189 e. The Balaban J connectivity index is 2.16. The Labute approximate surface area is 149 Å². The van der Waals surface area contributed by atoms with E-state index >= 15 is 0 Å². The Bertz CT molecular complexity index is 747. The van der Waals surface area contributed by atoms with Crippen LogP contribution in [0.5, 0.6) is 17.2 Å². The van der Waals surface area contributed by atoms with Crippen molar-refractivity contribution in [3.8, 4) is 17.2 Å². The summed E-state index contributed by atoms with van der Waals surface area (Å²) in [6.07, 6.45) is 3.29. The van der Waals surface area contributed by atoms with Crippen LogP contribution >= 0.6 is 0 Å². The van der Waals surface area contributed by atoms with E-state index in [0.717, 1.165) is 11.3 Å². The predicted molar refractivity (Wildman–Crippen MR) is 99.7 cm³/mol. The molecule has 0 aliphatic heterocycles. The van der Waals surface area contributed by atoms with Gasteiger partial charge in [-0.1, -0.05) is 32.1 Å². The van der Waals surface area contributed by atoms with Gasteiger partial charge in [0, 0.05) is 0 Å². The fourth-order valence-corrected chi connectivity index (χ4v) is 2.24. The highest BCUT2D eigenvalue weighted by Gasteiger charge is 2.11. The average molecular weight is 340 g/mol. The minimum atomic E-state index is -0.149. The third-order valence-electron chi connectivity index (χ3n) is 3.54. The molecule has 0 saturated carbocycles. The Morgan fingerprint density at radius 2 is 1.84 bits per heavy atom. The van der Waals surface area contributed by atoms with Gasteiger partial charge in [-0.2, -0.15) is 0 Å². The van der Waals surface area contributed by atoms with Gasteiger partial charge in [0.05, 0.1) is 26.4 Å². The SMILES string of the molecule is COc1ccc(OC)c(C(=O)/C=C/c2cccc(OCC(C)C)c2)c1.